The van der Waals surface area contributed by atoms with Crippen LogP contribution in [0, 0.1) is 19.9 Å². The molecule has 1 aliphatic rings. The molecule has 2 heterocycles. The Morgan fingerprint density at radius 2 is 1.77 bits per heavy atom. The molecule has 1 nitrogen and oxygen atoms in total. The maximum Gasteiger partial charge on any atom is 0.165 e. The molecule has 0 bridgehead atoms. The second kappa shape index (κ2) is 7.53. The number of hydrogen-bond acceptors (Lipinski definition) is 1. The molecule has 0 amide bonds. The summed E-state index contributed by atoms with van der Waals surface area (Å²) in [6, 6.07) is 12.4. The minimum Gasteiger partial charge on any atom is -0.305 e. The summed E-state index contributed by atoms with van der Waals surface area (Å²) in [6.45, 7) is 4.60. The molecule has 2 aromatic rings. The minimum absolute atomic E-state index is 0. The number of pyridine rings is 1. The quantitative estimate of drug-likeness (QED) is 0.492. The first-order valence-corrected chi connectivity index (χ1v) is 7.21. The SMILES string of the molecule is Cc1cccc(C)c1B1C=CC=[C-]C(c2ccccn2)=C1.[Ir]. The van der Waals surface area contributed by atoms with E-state index in [0.717, 1.165) is 11.3 Å². The third-order valence-electron chi connectivity index (χ3n) is 3.82. The van der Waals surface area contributed by atoms with Crippen LogP contribution in [0.4, 0.5) is 0 Å². The molecule has 0 spiro atoms. The van der Waals surface area contributed by atoms with Gasteiger partial charge in [0, 0.05) is 26.3 Å². The molecule has 0 saturated heterocycles. The van der Waals surface area contributed by atoms with Crippen LogP contribution < -0.4 is 5.46 Å². The average Bonchev–Trinajstić information content (AvgIpc) is 2.74. The summed E-state index contributed by atoms with van der Waals surface area (Å²) in [5.41, 5.74) is 6.03. The van der Waals surface area contributed by atoms with Gasteiger partial charge in [-0.15, -0.1) is 23.8 Å². The smallest absolute Gasteiger partial charge is 0.165 e. The molecule has 1 aromatic carbocycles. The predicted octanol–water partition coefficient (Wildman–Crippen LogP) is 3.49. The van der Waals surface area contributed by atoms with Crippen molar-refractivity contribution in [2.45, 2.75) is 13.8 Å². The van der Waals surface area contributed by atoms with Crippen LogP contribution in [0.3, 0.4) is 0 Å². The van der Waals surface area contributed by atoms with Gasteiger partial charge in [-0.25, -0.2) is 0 Å². The third kappa shape index (κ3) is 3.55. The number of nitrogens with zero attached hydrogens (tertiary/aromatic N) is 1. The van der Waals surface area contributed by atoms with E-state index in [0.29, 0.717) is 0 Å². The van der Waals surface area contributed by atoms with Gasteiger partial charge in [0.1, 0.15) is 0 Å². The molecule has 111 valence electrons. The van der Waals surface area contributed by atoms with Gasteiger partial charge in [0.05, 0.1) is 0 Å². The Balaban J connectivity index is 0.00000176. The first-order chi connectivity index (χ1) is 10.3. The standard InChI is InChI=1S/C19H17BN.Ir/c1-15-8-7-9-16(2)19(15)20-12-5-3-10-17(14-20)18-11-4-6-13-21-18;/h3-9,11-14H,1-2H3;/q-1;. The molecule has 3 heteroatoms. The summed E-state index contributed by atoms with van der Waals surface area (Å²) >= 11 is 0. The second-order valence-electron chi connectivity index (χ2n) is 5.32. The molecule has 1 aliphatic heterocycles. The fourth-order valence-electron chi connectivity index (χ4n) is 2.81. The Morgan fingerprint density at radius 1 is 1.00 bits per heavy atom. The van der Waals surface area contributed by atoms with Crippen LogP contribution in [0.1, 0.15) is 16.8 Å². The molecule has 3 rings (SSSR count). The normalized spacial score (nSPS) is 13.4. The van der Waals surface area contributed by atoms with Gasteiger partial charge in [-0.1, -0.05) is 46.9 Å². The number of hydrogen-bond donors (Lipinski definition) is 0. The van der Waals surface area contributed by atoms with E-state index in [9.17, 15) is 0 Å². The molecule has 22 heavy (non-hydrogen) atoms. The zero-order valence-corrected chi connectivity index (χ0v) is 15.1. The molecule has 0 atom stereocenters. The largest absolute Gasteiger partial charge is 0.305 e. The summed E-state index contributed by atoms with van der Waals surface area (Å²) in [5, 5.41) is 0. The summed E-state index contributed by atoms with van der Waals surface area (Å²) < 4.78 is 0. The molecule has 0 aliphatic carbocycles. The Hall–Kier alpha value is -1.70. The minimum atomic E-state index is 0. The summed E-state index contributed by atoms with van der Waals surface area (Å²) in [4.78, 5) is 4.44. The van der Waals surface area contributed by atoms with Crippen LogP contribution in [0.2, 0.25) is 0 Å². The van der Waals surface area contributed by atoms with E-state index in [1.807, 2.05) is 30.5 Å². The van der Waals surface area contributed by atoms with Gasteiger partial charge in [-0.3, -0.25) is 0 Å². The van der Waals surface area contributed by atoms with E-state index in [4.69, 9.17) is 0 Å². The fraction of sp³-hybridized carbons (Fsp3) is 0.105. The maximum atomic E-state index is 4.44. The maximum absolute atomic E-state index is 4.44. The Kier molecular flexibility index (Phi) is 5.71. The van der Waals surface area contributed by atoms with Gasteiger partial charge in [-0.05, 0) is 25.6 Å². The molecule has 0 N–H and O–H groups in total. The number of allylic oxidation sites excluding steroid dienone is 4. The molecule has 0 saturated carbocycles. The summed E-state index contributed by atoms with van der Waals surface area (Å²) in [6.07, 6.45) is 9.19. The van der Waals surface area contributed by atoms with E-state index >= 15 is 0 Å². The third-order valence-corrected chi connectivity index (χ3v) is 3.82. The van der Waals surface area contributed by atoms with Crippen molar-refractivity contribution in [2.75, 3.05) is 0 Å². The van der Waals surface area contributed by atoms with E-state index in [2.05, 4.69) is 61.1 Å². The van der Waals surface area contributed by atoms with Gasteiger partial charge in [0.25, 0.3) is 0 Å². The van der Waals surface area contributed by atoms with E-state index in [1.54, 1.807) is 0 Å². The van der Waals surface area contributed by atoms with E-state index < -0.39 is 0 Å². The van der Waals surface area contributed by atoms with Crippen molar-refractivity contribution in [3.05, 3.63) is 89.6 Å². The van der Waals surface area contributed by atoms with Gasteiger partial charge in [-0.2, -0.15) is 12.0 Å². The van der Waals surface area contributed by atoms with Gasteiger partial charge in [0.15, 0.2) is 6.71 Å². The van der Waals surface area contributed by atoms with E-state index in [-0.39, 0.29) is 26.8 Å². The molecule has 1 aromatic heterocycles. The first kappa shape index (κ1) is 16.7. The topological polar surface area (TPSA) is 12.9 Å². The number of aromatic nitrogens is 1. The van der Waals surface area contributed by atoms with Crippen LogP contribution in [-0.2, 0) is 20.1 Å². The van der Waals surface area contributed by atoms with Crippen molar-refractivity contribution in [1.29, 1.82) is 0 Å². The van der Waals surface area contributed by atoms with Gasteiger partial charge < -0.3 is 4.98 Å². The van der Waals surface area contributed by atoms with Crippen molar-refractivity contribution in [3.63, 3.8) is 0 Å². The Bertz CT molecular complexity index is 712. The van der Waals surface area contributed by atoms with Crippen molar-refractivity contribution in [3.8, 4) is 0 Å². The van der Waals surface area contributed by atoms with Crippen LogP contribution >= 0.6 is 0 Å². The first-order valence-electron chi connectivity index (χ1n) is 7.21. The molecule has 0 unspecified atom stereocenters. The monoisotopic (exact) mass is 463 g/mol. The predicted molar refractivity (Wildman–Crippen MR) is 90.5 cm³/mol. The van der Waals surface area contributed by atoms with Crippen LogP contribution in [0.5, 0.6) is 0 Å². The zero-order valence-electron chi connectivity index (χ0n) is 12.7. The number of benzene rings is 1. The number of rotatable bonds is 2. The van der Waals surface area contributed by atoms with E-state index in [1.165, 1.54) is 16.6 Å². The molecule has 0 fully saturated rings. The Labute approximate surface area is 146 Å². The van der Waals surface area contributed by atoms with Gasteiger partial charge >= 0.3 is 0 Å². The van der Waals surface area contributed by atoms with Crippen molar-refractivity contribution < 1.29 is 20.1 Å². The second-order valence-corrected chi connectivity index (χ2v) is 5.32. The molecular formula is C19H17BIrN-. The van der Waals surface area contributed by atoms with Crippen LogP contribution in [0.25, 0.3) is 5.57 Å². The number of aryl methyl sites for hydroxylation is 2. The van der Waals surface area contributed by atoms with Crippen molar-refractivity contribution in [2.24, 2.45) is 0 Å². The van der Waals surface area contributed by atoms with Gasteiger partial charge in [0.2, 0.25) is 0 Å². The van der Waals surface area contributed by atoms with Crippen molar-refractivity contribution >= 4 is 17.7 Å². The average molecular weight is 462 g/mol. The zero-order chi connectivity index (χ0) is 14.7. The van der Waals surface area contributed by atoms with Crippen molar-refractivity contribution in [1.82, 2.24) is 4.98 Å². The van der Waals surface area contributed by atoms with Crippen LogP contribution in [0.15, 0.2) is 66.7 Å². The fourth-order valence-corrected chi connectivity index (χ4v) is 2.81. The molecule has 1 radical (unpaired) electrons. The van der Waals surface area contributed by atoms with Crippen LogP contribution in [-0.4, -0.2) is 11.7 Å². The Morgan fingerprint density at radius 3 is 2.45 bits per heavy atom. The summed E-state index contributed by atoms with van der Waals surface area (Å²) in [5.74, 6) is 4.47. The molecular weight excluding hydrogens is 445 g/mol. The summed E-state index contributed by atoms with van der Waals surface area (Å²) in [7, 11) is 0.